The van der Waals surface area contributed by atoms with E-state index in [-0.39, 0.29) is 30.7 Å². The van der Waals surface area contributed by atoms with Gasteiger partial charge in [-0.15, -0.1) is 11.8 Å². The first-order valence-corrected chi connectivity index (χ1v) is 8.14. The zero-order valence-corrected chi connectivity index (χ0v) is 13.5. The van der Waals surface area contributed by atoms with Crippen molar-refractivity contribution in [3.8, 4) is 0 Å². The molecule has 0 heterocycles. The number of hydrogen-bond acceptors (Lipinski definition) is 5. The number of thioether (sulfide) groups is 1. The van der Waals surface area contributed by atoms with Crippen molar-refractivity contribution < 1.29 is 23.8 Å². The molecule has 0 aliphatic carbocycles. The molecule has 0 saturated heterocycles. The van der Waals surface area contributed by atoms with Crippen LogP contribution in [0.3, 0.4) is 0 Å². The van der Waals surface area contributed by atoms with E-state index in [1.807, 2.05) is 0 Å². The van der Waals surface area contributed by atoms with Crippen LogP contribution in [0.5, 0.6) is 0 Å². The van der Waals surface area contributed by atoms with Crippen LogP contribution in [-0.4, -0.2) is 35.9 Å². The van der Waals surface area contributed by atoms with Crippen molar-refractivity contribution >= 4 is 29.3 Å². The third kappa shape index (κ3) is 5.36. The predicted octanol–water partition coefficient (Wildman–Crippen LogP) is 2.71. The number of nitrogens with one attached hydrogen (secondary N) is 1. The summed E-state index contributed by atoms with van der Waals surface area (Å²) in [6, 6.07) is 12.2. The monoisotopic (exact) mass is 349 g/mol. The second-order valence-corrected chi connectivity index (χ2v) is 5.72. The van der Waals surface area contributed by atoms with Crippen LogP contribution in [0.2, 0.25) is 0 Å². The Morgan fingerprint density at radius 1 is 1.12 bits per heavy atom. The molecular weight excluding hydrogens is 333 g/mol. The van der Waals surface area contributed by atoms with Gasteiger partial charge in [0.25, 0.3) is 0 Å². The topological polar surface area (TPSA) is 75.6 Å². The second kappa shape index (κ2) is 9.05. The fraction of sp³-hybridized carbons (Fsp3) is 0.176. The maximum Gasteiger partial charge on any atom is 0.339 e. The highest BCUT2D eigenvalue weighted by molar-refractivity contribution is 8.00. The first kappa shape index (κ1) is 18.0. The van der Waals surface area contributed by atoms with Gasteiger partial charge in [-0.1, -0.05) is 12.1 Å². The van der Waals surface area contributed by atoms with E-state index in [0.29, 0.717) is 16.1 Å². The van der Waals surface area contributed by atoms with E-state index >= 15 is 0 Å². The van der Waals surface area contributed by atoms with Crippen LogP contribution >= 0.6 is 11.8 Å². The number of halogens is 1. The molecule has 7 heteroatoms. The van der Waals surface area contributed by atoms with Gasteiger partial charge in [-0.05, 0) is 36.4 Å². The molecule has 0 aromatic heterocycles. The van der Waals surface area contributed by atoms with E-state index in [9.17, 15) is 14.0 Å². The van der Waals surface area contributed by atoms with Crippen molar-refractivity contribution in [2.24, 2.45) is 0 Å². The summed E-state index contributed by atoms with van der Waals surface area (Å²) in [5, 5.41) is 11.4. The van der Waals surface area contributed by atoms with Crippen LogP contribution in [0.4, 0.5) is 10.1 Å². The Hall–Kier alpha value is -2.38. The molecule has 0 bridgehead atoms. The summed E-state index contributed by atoms with van der Waals surface area (Å²) in [6.45, 7) is -0.329. The summed E-state index contributed by atoms with van der Waals surface area (Å²) in [4.78, 5) is 24.5. The number of ether oxygens (including phenoxy) is 1. The molecule has 0 saturated carbocycles. The van der Waals surface area contributed by atoms with Crippen LogP contribution in [0, 0.1) is 5.82 Å². The van der Waals surface area contributed by atoms with E-state index in [1.165, 1.54) is 36.0 Å². The van der Waals surface area contributed by atoms with Gasteiger partial charge in [0, 0.05) is 10.6 Å². The van der Waals surface area contributed by atoms with Gasteiger partial charge in [0.15, 0.2) is 0 Å². The average molecular weight is 349 g/mol. The Bertz CT molecular complexity index is 706. The summed E-state index contributed by atoms with van der Waals surface area (Å²) in [5.74, 6) is -1.12. The fourth-order valence-electron chi connectivity index (χ4n) is 1.85. The largest absolute Gasteiger partial charge is 0.460 e. The van der Waals surface area contributed by atoms with Crippen molar-refractivity contribution in [2.45, 2.75) is 4.90 Å². The second-order valence-electron chi connectivity index (χ2n) is 4.70. The number of rotatable bonds is 7. The zero-order chi connectivity index (χ0) is 17.4. The van der Waals surface area contributed by atoms with Gasteiger partial charge in [0.1, 0.15) is 12.4 Å². The Morgan fingerprint density at radius 2 is 1.83 bits per heavy atom. The van der Waals surface area contributed by atoms with E-state index in [4.69, 9.17) is 9.84 Å². The van der Waals surface area contributed by atoms with Crippen molar-refractivity contribution in [1.82, 2.24) is 0 Å². The molecular formula is C17H16FNO4S. The van der Waals surface area contributed by atoms with Crippen LogP contribution in [0.1, 0.15) is 10.4 Å². The number of aliphatic hydroxyl groups excluding tert-OH is 1. The minimum Gasteiger partial charge on any atom is -0.460 e. The number of esters is 1. The first-order chi connectivity index (χ1) is 11.6. The first-order valence-electron chi connectivity index (χ1n) is 7.15. The third-order valence-electron chi connectivity index (χ3n) is 2.92. The molecule has 126 valence electrons. The van der Waals surface area contributed by atoms with Crippen LogP contribution in [-0.2, 0) is 9.53 Å². The van der Waals surface area contributed by atoms with Crippen molar-refractivity contribution in [3.05, 3.63) is 59.9 Å². The zero-order valence-electron chi connectivity index (χ0n) is 12.7. The number of anilines is 1. The highest BCUT2D eigenvalue weighted by atomic mass is 32.2. The molecule has 2 rings (SSSR count). The molecule has 0 atom stereocenters. The maximum atomic E-state index is 12.8. The Balaban J connectivity index is 1.95. The highest BCUT2D eigenvalue weighted by Gasteiger charge is 2.14. The fourth-order valence-corrected chi connectivity index (χ4v) is 2.69. The Labute approximate surface area is 142 Å². The van der Waals surface area contributed by atoms with Gasteiger partial charge in [-0.2, -0.15) is 0 Å². The quantitative estimate of drug-likeness (QED) is 0.594. The van der Waals surface area contributed by atoms with Crippen molar-refractivity contribution in [1.29, 1.82) is 0 Å². The van der Waals surface area contributed by atoms with E-state index in [0.717, 1.165) is 0 Å². The van der Waals surface area contributed by atoms with Gasteiger partial charge < -0.3 is 15.2 Å². The normalized spacial score (nSPS) is 10.2. The van der Waals surface area contributed by atoms with Crippen molar-refractivity contribution in [2.75, 3.05) is 24.3 Å². The molecule has 0 aliphatic heterocycles. The number of amides is 1. The number of hydrogen-bond donors (Lipinski definition) is 2. The van der Waals surface area contributed by atoms with Crippen LogP contribution in [0.25, 0.3) is 0 Å². The smallest absolute Gasteiger partial charge is 0.339 e. The Morgan fingerprint density at radius 3 is 2.54 bits per heavy atom. The molecule has 5 nitrogen and oxygen atoms in total. The summed E-state index contributed by atoms with van der Waals surface area (Å²) in [6.07, 6.45) is 0. The SMILES string of the molecule is O=C(CSc1ccccc1C(=O)OCCO)Nc1ccc(F)cc1. The van der Waals surface area contributed by atoms with Crippen LogP contribution in [0.15, 0.2) is 53.4 Å². The van der Waals surface area contributed by atoms with Gasteiger partial charge in [0.2, 0.25) is 5.91 Å². The van der Waals surface area contributed by atoms with Crippen LogP contribution < -0.4 is 5.32 Å². The lowest BCUT2D eigenvalue weighted by molar-refractivity contribution is -0.113. The third-order valence-corrected chi connectivity index (χ3v) is 3.99. The molecule has 0 radical (unpaired) electrons. The summed E-state index contributed by atoms with van der Waals surface area (Å²) < 4.78 is 17.7. The number of benzene rings is 2. The summed E-state index contributed by atoms with van der Waals surface area (Å²) in [5.41, 5.74) is 0.836. The molecule has 0 fully saturated rings. The number of carbonyl (C=O) groups excluding carboxylic acids is 2. The minimum atomic E-state index is -0.550. The van der Waals surface area contributed by atoms with E-state index in [1.54, 1.807) is 24.3 Å². The number of carbonyl (C=O) groups is 2. The molecule has 2 aromatic rings. The predicted molar refractivity (Wildman–Crippen MR) is 89.6 cm³/mol. The minimum absolute atomic E-state index is 0.0805. The Kier molecular flexibility index (Phi) is 6.77. The molecule has 2 N–H and O–H groups in total. The van der Waals surface area contributed by atoms with E-state index in [2.05, 4.69) is 5.32 Å². The molecule has 0 unspecified atom stereocenters. The molecule has 2 aromatic carbocycles. The van der Waals surface area contributed by atoms with Gasteiger partial charge >= 0.3 is 5.97 Å². The summed E-state index contributed by atoms with van der Waals surface area (Å²) >= 11 is 1.19. The highest BCUT2D eigenvalue weighted by Crippen LogP contribution is 2.23. The summed E-state index contributed by atoms with van der Waals surface area (Å²) in [7, 11) is 0. The molecule has 24 heavy (non-hydrogen) atoms. The maximum absolute atomic E-state index is 12.8. The standard InChI is InChI=1S/C17H16FNO4S/c18-12-5-7-13(8-6-12)19-16(21)11-24-15-4-2-1-3-14(15)17(22)23-10-9-20/h1-8,20H,9-11H2,(H,19,21). The van der Waals surface area contributed by atoms with Gasteiger partial charge in [-0.25, -0.2) is 9.18 Å². The lowest BCUT2D eigenvalue weighted by atomic mass is 10.2. The lowest BCUT2D eigenvalue weighted by Gasteiger charge is -2.09. The van der Waals surface area contributed by atoms with Crippen molar-refractivity contribution in [3.63, 3.8) is 0 Å². The lowest BCUT2D eigenvalue weighted by Crippen LogP contribution is -2.15. The molecule has 0 spiro atoms. The van der Waals surface area contributed by atoms with Gasteiger partial charge in [0.05, 0.1) is 17.9 Å². The molecule has 0 aliphatic rings. The average Bonchev–Trinajstić information content (AvgIpc) is 2.60. The molecule has 1 amide bonds. The van der Waals surface area contributed by atoms with E-state index < -0.39 is 5.97 Å². The van der Waals surface area contributed by atoms with Gasteiger partial charge in [-0.3, -0.25) is 4.79 Å². The number of aliphatic hydroxyl groups is 1.